The van der Waals surface area contributed by atoms with Gasteiger partial charge in [-0.2, -0.15) is 0 Å². The molecular weight excluding hydrogens is 294 g/mol. The van der Waals surface area contributed by atoms with Crippen molar-refractivity contribution in [3.8, 4) is 0 Å². The zero-order chi connectivity index (χ0) is 13.1. The van der Waals surface area contributed by atoms with Crippen molar-refractivity contribution in [3.05, 3.63) is 28.2 Å². The lowest BCUT2D eigenvalue weighted by molar-refractivity contribution is -0.129. The lowest BCUT2D eigenvalue weighted by atomic mass is 10.1. The van der Waals surface area contributed by atoms with Crippen molar-refractivity contribution < 1.29 is 4.79 Å². The first kappa shape index (κ1) is 13.4. The van der Waals surface area contributed by atoms with Crippen LogP contribution in [-0.4, -0.2) is 37.0 Å². The molecule has 0 bridgehead atoms. The van der Waals surface area contributed by atoms with Crippen LogP contribution in [0, 0.1) is 0 Å². The van der Waals surface area contributed by atoms with Crippen LogP contribution in [0.15, 0.2) is 22.7 Å². The van der Waals surface area contributed by atoms with Crippen LogP contribution < -0.4 is 10.6 Å². The smallest absolute Gasteiger partial charge is 0.219 e. The summed E-state index contributed by atoms with van der Waals surface area (Å²) in [5.41, 5.74) is 8.11. The Kier molecular flexibility index (Phi) is 4.24. The molecule has 0 saturated carbocycles. The van der Waals surface area contributed by atoms with Gasteiger partial charge in [0.2, 0.25) is 5.91 Å². The van der Waals surface area contributed by atoms with Gasteiger partial charge in [0.05, 0.1) is 0 Å². The zero-order valence-corrected chi connectivity index (χ0v) is 12.1. The first-order valence-corrected chi connectivity index (χ1v) is 6.90. The monoisotopic (exact) mass is 311 g/mol. The molecule has 1 saturated heterocycles. The number of rotatable bonds is 2. The van der Waals surface area contributed by atoms with Crippen LogP contribution in [0.25, 0.3) is 0 Å². The van der Waals surface area contributed by atoms with Gasteiger partial charge in [0.25, 0.3) is 0 Å². The standard InChI is InChI=1S/C13H18BrN3O/c1-10(18)16-4-6-17(7-5-16)13-3-2-12(14)8-11(13)9-15/h2-3,8H,4-7,9,15H2,1H3. The van der Waals surface area contributed by atoms with E-state index in [4.69, 9.17) is 5.73 Å². The summed E-state index contributed by atoms with van der Waals surface area (Å²) >= 11 is 3.46. The van der Waals surface area contributed by atoms with E-state index in [0.29, 0.717) is 6.54 Å². The molecule has 0 aromatic heterocycles. The van der Waals surface area contributed by atoms with Crippen molar-refractivity contribution in [3.63, 3.8) is 0 Å². The predicted molar refractivity (Wildman–Crippen MR) is 76.5 cm³/mol. The molecule has 0 spiro atoms. The fourth-order valence-electron chi connectivity index (χ4n) is 2.29. The fourth-order valence-corrected chi connectivity index (χ4v) is 2.70. The molecule has 2 N–H and O–H groups in total. The van der Waals surface area contributed by atoms with Crippen LogP contribution in [-0.2, 0) is 11.3 Å². The Morgan fingerprint density at radius 2 is 2.00 bits per heavy atom. The number of carbonyl (C=O) groups excluding carboxylic acids is 1. The van der Waals surface area contributed by atoms with Crippen LogP contribution in [0.4, 0.5) is 5.69 Å². The fraction of sp³-hybridized carbons (Fsp3) is 0.462. The van der Waals surface area contributed by atoms with Gasteiger partial charge in [-0.15, -0.1) is 0 Å². The van der Waals surface area contributed by atoms with E-state index in [9.17, 15) is 4.79 Å². The van der Waals surface area contributed by atoms with Gasteiger partial charge in [0.1, 0.15) is 0 Å². The van der Waals surface area contributed by atoms with E-state index in [2.05, 4.69) is 33.0 Å². The summed E-state index contributed by atoms with van der Waals surface area (Å²) in [4.78, 5) is 15.5. The van der Waals surface area contributed by atoms with Crippen molar-refractivity contribution in [1.29, 1.82) is 0 Å². The molecule has 0 radical (unpaired) electrons. The highest BCUT2D eigenvalue weighted by atomic mass is 79.9. The van der Waals surface area contributed by atoms with Gasteiger partial charge < -0.3 is 15.5 Å². The van der Waals surface area contributed by atoms with Crippen molar-refractivity contribution in [1.82, 2.24) is 4.90 Å². The molecule has 0 unspecified atom stereocenters. The summed E-state index contributed by atoms with van der Waals surface area (Å²) in [5, 5.41) is 0. The van der Waals surface area contributed by atoms with Gasteiger partial charge >= 0.3 is 0 Å². The number of amides is 1. The van der Waals surface area contributed by atoms with Crippen LogP contribution in [0.2, 0.25) is 0 Å². The number of nitrogens with zero attached hydrogens (tertiary/aromatic N) is 2. The number of nitrogens with two attached hydrogens (primary N) is 1. The molecule has 1 aliphatic heterocycles. The molecule has 1 aliphatic rings. The topological polar surface area (TPSA) is 49.6 Å². The van der Waals surface area contributed by atoms with Crippen molar-refractivity contribution in [2.24, 2.45) is 5.73 Å². The highest BCUT2D eigenvalue weighted by Gasteiger charge is 2.20. The van der Waals surface area contributed by atoms with Crippen molar-refractivity contribution in [2.45, 2.75) is 13.5 Å². The minimum absolute atomic E-state index is 0.157. The molecule has 4 nitrogen and oxygen atoms in total. The van der Waals surface area contributed by atoms with E-state index in [1.165, 1.54) is 5.69 Å². The molecule has 0 atom stereocenters. The van der Waals surface area contributed by atoms with E-state index in [1.807, 2.05) is 11.0 Å². The SMILES string of the molecule is CC(=O)N1CCN(c2ccc(Br)cc2CN)CC1. The normalized spacial score (nSPS) is 15.9. The van der Waals surface area contributed by atoms with Crippen molar-refractivity contribution in [2.75, 3.05) is 31.1 Å². The summed E-state index contributed by atoms with van der Waals surface area (Å²) in [6.45, 7) is 5.47. The Bertz CT molecular complexity index is 442. The summed E-state index contributed by atoms with van der Waals surface area (Å²) in [5.74, 6) is 0.157. The van der Waals surface area contributed by atoms with Gasteiger partial charge in [-0.25, -0.2) is 0 Å². The Hall–Kier alpha value is -1.07. The number of benzene rings is 1. The third-order valence-electron chi connectivity index (χ3n) is 3.33. The van der Waals surface area contributed by atoms with Crippen LogP contribution in [0.3, 0.4) is 0 Å². The second kappa shape index (κ2) is 5.71. The van der Waals surface area contributed by atoms with Gasteiger partial charge in [-0.3, -0.25) is 4.79 Å². The second-order valence-electron chi connectivity index (χ2n) is 4.47. The molecule has 1 fully saturated rings. The summed E-state index contributed by atoms with van der Waals surface area (Å²) in [6, 6.07) is 6.19. The molecule has 1 aromatic carbocycles. The van der Waals surface area contributed by atoms with E-state index in [1.54, 1.807) is 6.92 Å². The quantitative estimate of drug-likeness (QED) is 0.902. The van der Waals surface area contributed by atoms with Crippen LogP contribution in [0.1, 0.15) is 12.5 Å². The van der Waals surface area contributed by atoms with Gasteiger partial charge in [-0.1, -0.05) is 15.9 Å². The average Bonchev–Trinajstić information content (AvgIpc) is 2.38. The Morgan fingerprint density at radius 3 is 2.56 bits per heavy atom. The highest BCUT2D eigenvalue weighted by Crippen LogP contribution is 2.25. The minimum Gasteiger partial charge on any atom is -0.368 e. The molecule has 2 rings (SSSR count). The Morgan fingerprint density at radius 1 is 1.33 bits per heavy atom. The second-order valence-corrected chi connectivity index (χ2v) is 5.39. The first-order chi connectivity index (χ1) is 8.61. The summed E-state index contributed by atoms with van der Waals surface area (Å²) in [6.07, 6.45) is 0. The number of hydrogen-bond acceptors (Lipinski definition) is 3. The molecule has 1 aromatic rings. The predicted octanol–water partition coefficient (Wildman–Crippen LogP) is 1.58. The van der Waals surface area contributed by atoms with E-state index < -0.39 is 0 Å². The number of anilines is 1. The molecule has 98 valence electrons. The Labute approximate surface area is 116 Å². The van der Waals surface area contributed by atoms with Crippen LogP contribution >= 0.6 is 15.9 Å². The van der Waals surface area contributed by atoms with Crippen LogP contribution in [0.5, 0.6) is 0 Å². The zero-order valence-electron chi connectivity index (χ0n) is 10.5. The molecule has 1 heterocycles. The van der Waals surface area contributed by atoms with E-state index >= 15 is 0 Å². The molecular formula is C13H18BrN3O. The molecule has 0 aliphatic carbocycles. The lowest BCUT2D eigenvalue weighted by Crippen LogP contribution is -2.48. The molecule has 1 amide bonds. The first-order valence-electron chi connectivity index (χ1n) is 6.11. The largest absolute Gasteiger partial charge is 0.368 e. The summed E-state index contributed by atoms with van der Waals surface area (Å²) in [7, 11) is 0. The third-order valence-corrected chi connectivity index (χ3v) is 3.82. The number of carbonyl (C=O) groups is 1. The number of halogens is 1. The maximum Gasteiger partial charge on any atom is 0.219 e. The maximum atomic E-state index is 11.3. The Balaban J connectivity index is 2.12. The minimum atomic E-state index is 0.157. The number of piperazine rings is 1. The number of hydrogen-bond donors (Lipinski definition) is 1. The average molecular weight is 312 g/mol. The maximum absolute atomic E-state index is 11.3. The van der Waals surface area contributed by atoms with Gasteiger partial charge in [0.15, 0.2) is 0 Å². The lowest BCUT2D eigenvalue weighted by Gasteiger charge is -2.36. The van der Waals surface area contributed by atoms with E-state index in [-0.39, 0.29) is 5.91 Å². The highest BCUT2D eigenvalue weighted by molar-refractivity contribution is 9.10. The van der Waals surface area contributed by atoms with Crippen molar-refractivity contribution >= 4 is 27.5 Å². The molecule has 5 heteroatoms. The summed E-state index contributed by atoms with van der Waals surface area (Å²) < 4.78 is 1.05. The third kappa shape index (κ3) is 2.84. The van der Waals surface area contributed by atoms with Gasteiger partial charge in [-0.05, 0) is 23.8 Å². The molecule has 18 heavy (non-hydrogen) atoms. The van der Waals surface area contributed by atoms with E-state index in [0.717, 1.165) is 36.2 Å². The van der Waals surface area contributed by atoms with Gasteiger partial charge in [0, 0.05) is 49.8 Å².